The molecule has 1 aromatic carbocycles. The molecule has 3 rings (SSSR count). The van der Waals surface area contributed by atoms with Crippen molar-refractivity contribution in [2.45, 2.75) is 6.92 Å². The van der Waals surface area contributed by atoms with Gasteiger partial charge in [0.1, 0.15) is 5.65 Å². The molecule has 7 heteroatoms. The van der Waals surface area contributed by atoms with Crippen LogP contribution in [0.2, 0.25) is 0 Å². The molecule has 2 heterocycles. The Hall–Kier alpha value is -3.22. The number of hydrogen-bond acceptors (Lipinski definition) is 5. The van der Waals surface area contributed by atoms with Crippen LogP contribution in [0, 0.1) is 17.0 Å². The topological polar surface area (TPSA) is 93.0 Å². The predicted octanol–water partition coefficient (Wildman–Crippen LogP) is 3.03. The van der Waals surface area contributed by atoms with Crippen LogP contribution in [0.1, 0.15) is 11.3 Å². The lowest BCUT2D eigenvalue weighted by Gasteiger charge is -2.00. The zero-order valence-corrected chi connectivity index (χ0v) is 11.7. The number of benzene rings is 1. The van der Waals surface area contributed by atoms with Gasteiger partial charge < -0.3 is 5.21 Å². The fraction of sp³-hybridized carbons (Fsp3) is 0.0667. The predicted molar refractivity (Wildman–Crippen MR) is 81.4 cm³/mol. The number of non-ortho nitro benzene ring substituents is 1. The van der Waals surface area contributed by atoms with E-state index in [-0.39, 0.29) is 5.69 Å². The number of rotatable bonds is 3. The van der Waals surface area contributed by atoms with E-state index in [1.807, 2.05) is 25.3 Å². The zero-order valence-electron chi connectivity index (χ0n) is 11.7. The number of oxime groups is 1. The van der Waals surface area contributed by atoms with Crippen molar-refractivity contribution >= 4 is 17.5 Å². The molecule has 0 saturated heterocycles. The lowest BCUT2D eigenvalue weighted by molar-refractivity contribution is -0.384. The Morgan fingerprint density at radius 2 is 2.05 bits per heavy atom. The van der Waals surface area contributed by atoms with Crippen LogP contribution in [0.15, 0.2) is 47.8 Å². The van der Waals surface area contributed by atoms with Crippen molar-refractivity contribution in [1.82, 2.24) is 9.38 Å². The third-order valence-corrected chi connectivity index (χ3v) is 3.35. The van der Waals surface area contributed by atoms with Gasteiger partial charge in [0, 0.05) is 23.9 Å². The van der Waals surface area contributed by atoms with Gasteiger partial charge in [-0.3, -0.25) is 14.5 Å². The van der Waals surface area contributed by atoms with Crippen molar-refractivity contribution in [3.05, 3.63) is 64.0 Å². The van der Waals surface area contributed by atoms with Crippen molar-refractivity contribution < 1.29 is 10.1 Å². The van der Waals surface area contributed by atoms with Crippen molar-refractivity contribution in [1.29, 1.82) is 0 Å². The van der Waals surface area contributed by atoms with Crippen molar-refractivity contribution in [3.8, 4) is 11.3 Å². The van der Waals surface area contributed by atoms with E-state index in [2.05, 4.69) is 10.1 Å². The number of nitrogens with zero attached hydrogens (tertiary/aromatic N) is 4. The Labute approximate surface area is 125 Å². The minimum absolute atomic E-state index is 0.0146. The molecule has 0 saturated carbocycles. The van der Waals surface area contributed by atoms with Gasteiger partial charge in [-0.25, -0.2) is 4.98 Å². The van der Waals surface area contributed by atoms with Crippen LogP contribution in [0.5, 0.6) is 0 Å². The van der Waals surface area contributed by atoms with Gasteiger partial charge in [0.2, 0.25) is 0 Å². The van der Waals surface area contributed by atoms with E-state index in [4.69, 9.17) is 5.21 Å². The molecule has 110 valence electrons. The van der Waals surface area contributed by atoms with Gasteiger partial charge in [-0.1, -0.05) is 5.16 Å². The second-order valence-corrected chi connectivity index (χ2v) is 4.83. The highest BCUT2D eigenvalue weighted by Gasteiger charge is 2.14. The quantitative estimate of drug-likeness (QED) is 0.348. The molecule has 0 aliphatic carbocycles. The van der Waals surface area contributed by atoms with E-state index in [0.717, 1.165) is 5.56 Å². The zero-order chi connectivity index (χ0) is 15.7. The number of aromatic nitrogens is 2. The summed E-state index contributed by atoms with van der Waals surface area (Å²) in [4.78, 5) is 14.8. The number of hydrogen-bond donors (Lipinski definition) is 1. The summed E-state index contributed by atoms with van der Waals surface area (Å²) >= 11 is 0. The molecule has 0 unspecified atom stereocenters. The first-order valence-electron chi connectivity index (χ1n) is 6.51. The number of aryl methyl sites for hydroxylation is 1. The summed E-state index contributed by atoms with van der Waals surface area (Å²) in [5.41, 5.74) is 3.69. The Morgan fingerprint density at radius 3 is 2.68 bits per heavy atom. The maximum atomic E-state index is 10.7. The summed E-state index contributed by atoms with van der Waals surface area (Å²) in [6, 6.07) is 9.92. The molecule has 0 spiro atoms. The molecule has 1 N–H and O–H groups in total. The molecule has 0 radical (unpaired) electrons. The molecule has 0 fully saturated rings. The molecule has 0 aliphatic rings. The summed E-state index contributed by atoms with van der Waals surface area (Å²) in [6.07, 6.45) is 3.13. The van der Waals surface area contributed by atoms with Crippen molar-refractivity contribution in [2.24, 2.45) is 5.16 Å². The summed E-state index contributed by atoms with van der Waals surface area (Å²) < 4.78 is 1.80. The molecule has 0 bridgehead atoms. The molecular weight excluding hydrogens is 284 g/mol. The number of pyridine rings is 1. The summed E-state index contributed by atoms with van der Waals surface area (Å²) in [5.74, 6) is 0. The number of nitro benzene ring substituents is 1. The van der Waals surface area contributed by atoms with Gasteiger partial charge in [-0.15, -0.1) is 0 Å². The van der Waals surface area contributed by atoms with Crippen LogP contribution in [0.4, 0.5) is 5.69 Å². The van der Waals surface area contributed by atoms with E-state index < -0.39 is 4.92 Å². The summed E-state index contributed by atoms with van der Waals surface area (Å²) in [6.45, 7) is 1.96. The second-order valence-electron chi connectivity index (χ2n) is 4.83. The minimum atomic E-state index is -0.451. The standard InChI is InChI=1S/C15H12N4O3/c1-10-6-7-18-13(9-16-20)15(17-14(18)8-10)11-2-4-12(5-3-11)19(21)22/h2-9,20H,1H3. The minimum Gasteiger partial charge on any atom is -0.411 e. The molecule has 0 amide bonds. The SMILES string of the molecule is Cc1ccn2c(C=NO)c(-c3ccc([N+](=O)[O-])cc3)nc2c1. The fourth-order valence-corrected chi connectivity index (χ4v) is 2.30. The molecule has 2 aromatic heterocycles. The van der Waals surface area contributed by atoms with E-state index in [1.165, 1.54) is 18.3 Å². The molecule has 0 aliphatic heterocycles. The van der Waals surface area contributed by atoms with Crippen LogP contribution in [0.3, 0.4) is 0 Å². The Kier molecular flexibility index (Phi) is 3.30. The number of nitro groups is 1. The normalized spacial score (nSPS) is 11.3. The van der Waals surface area contributed by atoms with Gasteiger partial charge in [-0.2, -0.15) is 0 Å². The van der Waals surface area contributed by atoms with Gasteiger partial charge >= 0.3 is 0 Å². The van der Waals surface area contributed by atoms with Crippen LogP contribution in [-0.4, -0.2) is 25.7 Å². The highest BCUT2D eigenvalue weighted by molar-refractivity contribution is 5.88. The summed E-state index contributed by atoms with van der Waals surface area (Å²) in [7, 11) is 0. The van der Waals surface area contributed by atoms with Gasteiger partial charge in [-0.05, 0) is 36.8 Å². The third kappa shape index (κ3) is 2.28. The maximum absolute atomic E-state index is 10.7. The van der Waals surface area contributed by atoms with Crippen LogP contribution < -0.4 is 0 Å². The Balaban J connectivity index is 2.20. The van der Waals surface area contributed by atoms with Gasteiger partial charge in [0.05, 0.1) is 22.5 Å². The Morgan fingerprint density at radius 1 is 1.32 bits per heavy atom. The van der Waals surface area contributed by atoms with E-state index >= 15 is 0 Å². The molecule has 3 aromatic rings. The van der Waals surface area contributed by atoms with E-state index in [9.17, 15) is 10.1 Å². The lowest BCUT2D eigenvalue weighted by Crippen LogP contribution is -1.93. The maximum Gasteiger partial charge on any atom is 0.269 e. The van der Waals surface area contributed by atoms with Crippen LogP contribution >= 0.6 is 0 Å². The van der Waals surface area contributed by atoms with Crippen LogP contribution in [-0.2, 0) is 0 Å². The molecule has 7 nitrogen and oxygen atoms in total. The molecule has 22 heavy (non-hydrogen) atoms. The highest BCUT2D eigenvalue weighted by atomic mass is 16.6. The van der Waals surface area contributed by atoms with Gasteiger partial charge in [0.15, 0.2) is 0 Å². The smallest absolute Gasteiger partial charge is 0.269 e. The van der Waals surface area contributed by atoms with E-state index in [1.54, 1.807) is 16.5 Å². The molecular formula is C15H12N4O3. The number of imidazole rings is 1. The first-order valence-corrected chi connectivity index (χ1v) is 6.51. The first kappa shape index (κ1) is 13.7. The lowest BCUT2D eigenvalue weighted by atomic mass is 10.1. The van der Waals surface area contributed by atoms with Gasteiger partial charge in [0.25, 0.3) is 5.69 Å². The van der Waals surface area contributed by atoms with Crippen molar-refractivity contribution in [3.63, 3.8) is 0 Å². The molecule has 0 atom stereocenters. The first-order chi connectivity index (χ1) is 10.6. The van der Waals surface area contributed by atoms with Crippen LogP contribution in [0.25, 0.3) is 16.9 Å². The monoisotopic (exact) mass is 296 g/mol. The van der Waals surface area contributed by atoms with E-state index in [0.29, 0.717) is 22.6 Å². The second kappa shape index (κ2) is 5.28. The summed E-state index contributed by atoms with van der Waals surface area (Å²) in [5, 5.41) is 22.7. The Bertz CT molecular complexity index is 882. The fourth-order valence-electron chi connectivity index (χ4n) is 2.30. The average molecular weight is 296 g/mol. The largest absolute Gasteiger partial charge is 0.411 e. The third-order valence-electron chi connectivity index (χ3n) is 3.35. The average Bonchev–Trinajstić information content (AvgIpc) is 2.85. The van der Waals surface area contributed by atoms with Crippen molar-refractivity contribution in [2.75, 3.05) is 0 Å². The number of fused-ring (bicyclic) bond motifs is 1. The highest BCUT2D eigenvalue weighted by Crippen LogP contribution is 2.25.